The molecule has 1 atom stereocenters. The Bertz CT molecular complexity index is 554. The van der Waals surface area contributed by atoms with Crippen molar-refractivity contribution in [2.24, 2.45) is 0 Å². The first kappa shape index (κ1) is 14.4. The van der Waals surface area contributed by atoms with E-state index in [9.17, 15) is 5.11 Å². The van der Waals surface area contributed by atoms with Crippen LogP contribution in [-0.2, 0) is 6.42 Å². The molecule has 106 valence electrons. The number of phenolic OH excluding ortho intramolecular Hbond substituents is 1. The Morgan fingerprint density at radius 1 is 1.10 bits per heavy atom. The number of phenols is 1. The first-order chi connectivity index (χ1) is 9.69. The largest absolute Gasteiger partial charge is 0.508 e. The van der Waals surface area contributed by atoms with Crippen molar-refractivity contribution in [2.75, 3.05) is 11.9 Å². The average molecular weight is 271 g/mol. The van der Waals surface area contributed by atoms with Crippen LogP contribution in [0.2, 0.25) is 0 Å². The van der Waals surface area contributed by atoms with Gasteiger partial charge in [0.15, 0.2) is 0 Å². The fraction of sp³-hybridized carbons (Fsp3) is 0.294. The summed E-state index contributed by atoms with van der Waals surface area (Å²) in [5.74, 6) is 0.285. The number of benzene rings is 2. The van der Waals surface area contributed by atoms with Crippen LogP contribution >= 0.6 is 0 Å². The van der Waals surface area contributed by atoms with E-state index in [4.69, 9.17) is 5.11 Å². The second-order valence-corrected chi connectivity index (χ2v) is 4.99. The van der Waals surface area contributed by atoms with E-state index in [-0.39, 0.29) is 18.4 Å². The van der Waals surface area contributed by atoms with E-state index in [0.717, 1.165) is 24.1 Å². The molecule has 2 rings (SSSR count). The summed E-state index contributed by atoms with van der Waals surface area (Å²) >= 11 is 0. The molecule has 1 unspecified atom stereocenters. The molecule has 0 aliphatic carbocycles. The maximum Gasteiger partial charge on any atom is 0.115 e. The number of hydrogen-bond donors (Lipinski definition) is 3. The fourth-order valence-electron chi connectivity index (χ4n) is 2.23. The number of aliphatic hydroxyl groups is 1. The summed E-state index contributed by atoms with van der Waals surface area (Å²) in [4.78, 5) is 0. The summed E-state index contributed by atoms with van der Waals surface area (Å²) < 4.78 is 0. The van der Waals surface area contributed by atoms with Gasteiger partial charge in [0, 0.05) is 18.3 Å². The molecule has 20 heavy (non-hydrogen) atoms. The predicted molar refractivity (Wildman–Crippen MR) is 82.0 cm³/mol. The minimum Gasteiger partial charge on any atom is -0.508 e. The molecule has 2 aromatic carbocycles. The lowest BCUT2D eigenvalue weighted by Crippen LogP contribution is -2.06. The molecule has 2 aromatic rings. The Morgan fingerprint density at radius 3 is 2.65 bits per heavy atom. The molecular weight excluding hydrogens is 250 g/mol. The van der Waals surface area contributed by atoms with Crippen molar-refractivity contribution in [3.63, 3.8) is 0 Å². The van der Waals surface area contributed by atoms with Crippen molar-refractivity contribution in [3.05, 3.63) is 59.7 Å². The Balaban J connectivity index is 2.05. The van der Waals surface area contributed by atoms with Gasteiger partial charge in [0.25, 0.3) is 0 Å². The van der Waals surface area contributed by atoms with Crippen LogP contribution in [0.15, 0.2) is 48.5 Å². The van der Waals surface area contributed by atoms with Gasteiger partial charge in [-0.05, 0) is 55.2 Å². The maximum absolute atomic E-state index is 9.52. The minimum atomic E-state index is 0.121. The molecule has 0 spiro atoms. The molecule has 3 nitrogen and oxygen atoms in total. The highest BCUT2D eigenvalue weighted by atomic mass is 16.3. The molecule has 0 bridgehead atoms. The average Bonchev–Trinajstić information content (AvgIpc) is 2.45. The van der Waals surface area contributed by atoms with Crippen molar-refractivity contribution in [1.82, 2.24) is 0 Å². The van der Waals surface area contributed by atoms with Gasteiger partial charge in [-0.1, -0.05) is 24.3 Å². The van der Waals surface area contributed by atoms with Crippen molar-refractivity contribution in [2.45, 2.75) is 25.8 Å². The lowest BCUT2D eigenvalue weighted by Gasteiger charge is -2.16. The van der Waals surface area contributed by atoms with Crippen LogP contribution in [0, 0.1) is 0 Å². The van der Waals surface area contributed by atoms with Crippen molar-refractivity contribution < 1.29 is 10.2 Å². The first-order valence-corrected chi connectivity index (χ1v) is 6.94. The minimum absolute atomic E-state index is 0.121. The summed E-state index contributed by atoms with van der Waals surface area (Å²) in [6, 6.07) is 15.6. The fourth-order valence-corrected chi connectivity index (χ4v) is 2.23. The van der Waals surface area contributed by atoms with Gasteiger partial charge in [0.2, 0.25) is 0 Å². The van der Waals surface area contributed by atoms with E-state index in [0.29, 0.717) is 0 Å². The highest BCUT2D eigenvalue weighted by molar-refractivity contribution is 5.48. The Labute approximate surface area is 119 Å². The highest BCUT2D eigenvalue weighted by Crippen LogP contribution is 2.22. The zero-order valence-electron chi connectivity index (χ0n) is 11.7. The van der Waals surface area contributed by atoms with E-state index >= 15 is 0 Å². The van der Waals surface area contributed by atoms with Crippen molar-refractivity contribution in [1.29, 1.82) is 0 Å². The molecule has 0 heterocycles. The molecule has 0 amide bonds. The summed E-state index contributed by atoms with van der Waals surface area (Å²) in [6.45, 7) is 2.28. The number of anilines is 1. The number of rotatable bonds is 6. The van der Waals surface area contributed by atoms with Crippen LogP contribution < -0.4 is 5.32 Å². The molecule has 0 aliphatic heterocycles. The van der Waals surface area contributed by atoms with E-state index < -0.39 is 0 Å². The normalized spacial score (nSPS) is 12.1. The smallest absolute Gasteiger partial charge is 0.115 e. The zero-order chi connectivity index (χ0) is 14.4. The Morgan fingerprint density at radius 2 is 1.90 bits per heavy atom. The number of aliphatic hydroxyl groups excluding tert-OH is 1. The molecule has 0 fully saturated rings. The number of aryl methyl sites for hydroxylation is 1. The Hall–Kier alpha value is -2.00. The van der Waals surface area contributed by atoms with Crippen LogP contribution in [0.4, 0.5) is 5.69 Å². The van der Waals surface area contributed by atoms with E-state index in [1.807, 2.05) is 24.3 Å². The monoisotopic (exact) mass is 271 g/mol. The molecule has 0 aliphatic rings. The number of aromatic hydroxyl groups is 1. The topological polar surface area (TPSA) is 52.5 Å². The predicted octanol–water partition coefficient (Wildman–Crippen LogP) is 3.49. The number of hydrogen-bond acceptors (Lipinski definition) is 3. The second-order valence-electron chi connectivity index (χ2n) is 4.99. The third-order valence-electron chi connectivity index (χ3n) is 3.30. The van der Waals surface area contributed by atoms with Crippen LogP contribution in [0.25, 0.3) is 0 Å². The third kappa shape index (κ3) is 4.00. The summed E-state index contributed by atoms with van der Waals surface area (Å²) in [7, 11) is 0. The van der Waals surface area contributed by atoms with Gasteiger partial charge in [0.05, 0.1) is 0 Å². The van der Waals surface area contributed by atoms with Gasteiger partial charge in [0.1, 0.15) is 5.75 Å². The van der Waals surface area contributed by atoms with E-state index in [1.54, 1.807) is 12.1 Å². The summed E-state index contributed by atoms with van der Waals surface area (Å²) in [6.07, 6.45) is 1.66. The van der Waals surface area contributed by atoms with Gasteiger partial charge in [-0.25, -0.2) is 0 Å². The Kier molecular flexibility index (Phi) is 5.02. The van der Waals surface area contributed by atoms with E-state index in [1.165, 1.54) is 5.56 Å². The lowest BCUT2D eigenvalue weighted by atomic mass is 10.1. The van der Waals surface area contributed by atoms with Gasteiger partial charge in [-0.15, -0.1) is 0 Å². The second kappa shape index (κ2) is 6.96. The summed E-state index contributed by atoms with van der Waals surface area (Å²) in [5, 5.41) is 21.8. The van der Waals surface area contributed by atoms with Crippen molar-refractivity contribution in [3.8, 4) is 5.75 Å². The van der Waals surface area contributed by atoms with E-state index in [2.05, 4.69) is 24.4 Å². The first-order valence-electron chi connectivity index (χ1n) is 6.94. The van der Waals surface area contributed by atoms with Crippen LogP contribution in [-0.4, -0.2) is 16.8 Å². The van der Waals surface area contributed by atoms with Crippen LogP contribution in [0.3, 0.4) is 0 Å². The zero-order valence-corrected chi connectivity index (χ0v) is 11.7. The van der Waals surface area contributed by atoms with Crippen LogP contribution in [0.1, 0.15) is 30.5 Å². The van der Waals surface area contributed by atoms with Gasteiger partial charge < -0.3 is 15.5 Å². The third-order valence-corrected chi connectivity index (χ3v) is 3.30. The van der Waals surface area contributed by atoms with Gasteiger partial charge in [-0.2, -0.15) is 0 Å². The SMILES string of the molecule is CC(Nc1cccc(CCCO)c1)c1cccc(O)c1. The molecular formula is C17H21NO2. The molecule has 3 heteroatoms. The molecule has 0 saturated heterocycles. The molecule has 0 aromatic heterocycles. The summed E-state index contributed by atoms with van der Waals surface area (Å²) in [5.41, 5.74) is 3.31. The van der Waals surface area contributed by atoms with Gasteiger partial charge in [-0.3, -0.25) is 0 Å². The van der Waals surface area contributed by atoms with Crippen LogP contribution in [0.5, 0.6) is 5.75 Å². The molecule has 0 radical (unpaired) electrons. The highest BCUT2D eigenvalue weighted by Gasteiger charge is 2.06. The lowest BCUT2D eigenvalue weighted by molar-refractivity contribution is 0.288. The maximum atomic E-state index is 9.52. The molecule has 0 saturated carbocycles. The quantitative estimate of drug-likeness (QED) is 0.754. The number of nitrogens with one attached hydrogen (secondary N) is 1. The van der Waals surface area contributed by atoms with Gasteiger partial charge >= 0.3 is 0 Å². The molecule has 3 N–H and O–H groups in total. The van der Waals surface area contributed by atoms with Crippen molar-refractivity contribution >= 4 is 5.69 Å². The standard InChI is InChI=1S/C17H21NO2/c1-13(15-7-3-9-17(20)12-15)18-16-8-2-5-14(11-16)6-4-10-19/h2-3,5,7-9,11-13,18-20H,4,6,10H2,1H3.